The maximum atomic E-state index is 9.89. The molecule has 1 aliphatic rings. The molecule has 1 aromatic rings. The summed E-state index contributed by atoms with van der Waals surface area (Å²) in [6, 6.07) is 1.88. The van der Waals surface area contributed by atoms with Crippen LogP contribution in [0.25, 0.3) is 0 Å². The molecule has 1 aromatic heterocycles. The minimum atomic E-state index is -0.431. The fourth-order valence-electron chi connectivity index (χ4n) is 1.69. The maximum Gasteiger partial charge on any atom is 0.101 e. The molecule has 0 spiro atoms. The lowest BCUT2D eigenvalue weighted by Gasteiger charge is -2.13. The second-order valence-electron chi connectivity index (χ2n) is 3.56. The molecule has 2 rings (SSSR count). The van der Waals surface area contributed by atoms with Crippen LogP contribution in [-0.4, -0.2) is 18.3 Å². The van der Waals surface area contributed by atoms with Crippen molar-refractivity contribution in [3.63, 3.8) is 0 Å². The van der Waals surface area contributed by atoms with Crippen molar-refractivity contribution in [3.05, 3.63) is 23.7 Å². The van der Waals surface area contributed by atoms with Crippen molar-refractivity contribution in [2.75, 3.05) is 13.2 Å². The fraction of sp³-hybridized carbons (Fsp3) is 0.600. The second kappa shape index (κ2) is 3.52. The molecule has 1 saturated heterocycles. The highest BCUT2D eigenvalue weighted by Crippen LogP contribution is 2.29. The van der Waals surface area contributed by atoms with Crippen molar-refractivity contribution in [2.24, 2.45) is 5.92 Å². The van der Waals surface area contributed by atoms with Gasteiger partial charge in [-0.2, -0.15) is 0 Å². The summed E-state index contributed by atoms with van der Waals surface area (Å²) in [6.07, 6.45) is 2.13. The van der Waals surface area contributed by atoms with E-state index in [1.54, 1.807) is 6.26 Å². The highest BCUT2D eigenvalue weighted by molar-refractivity contribution is 5.15. The zero-order valence-electron chi connectivity index (χ0n) is 7.69. The van der Waals surface area contributed by atoms with Gasteiger partial charge in [0.15, 0.2) is 0 Å². The molecule has 2 unspecified atom stereocenters. The van der Waals surface area contributed by atoms with Gasteiger partial charge in [0.25, 0.3) is 0 Å². The molecule has 3 heteroatoms. The van der Waals surface area contributed by atoms with Crippen LogP contribution >= 0.6 is 0 Å². The number of aliphatic hydroxyl groups is 1. The summed E-state index contributed by atoms with van der Waals surface area (Å²) in [5, 5.41) is 9.89. The molecule has 3 nitrogen and oxygen atoms in total. The summed E-state index contributed by atoms with van der Waals surface area (Å²) in [5.74, 6) is 1.07. The molecule has 2 atom stereocenters. The Morgan fingerprint density at radius 1 is 1.62 bits per heavy atom. The van der Waals surface area contributed by atoms with E-state index in [4.69, 9.17) is 9.15 Å². The Kier molecular flexibility index (Phi) is 2.38. The maximum absolute atomic E-state index is 9.89. The van der Waals surface area contributed by atoms with Gasteiger partial charge in [0.05, 0.1) is 19.0 Å². The minimum Gasteiger partial charge on any atom is -0.469 e. The number of ether oxygens (including phenoxy) is 1. The standard InChI is InChI=1S/C10H14O3/c1-7-4-9(6-13-7)10(11)8-2-3-12-5-8/h4,6,8,10-11H,2-3,5H2,1H3. The van der Waals surface area contributed by atoms with E-state index in [1.807, 2.05) is 13.0 Å². The second-order valence-corrected chi connectivity index (χ2v) is 3.56. The summed E-state index contributed by atoms with van der Waals surface area (Å²) in [4.78, 5) is 0. The summed E-state index contributed by atoms with van der Waals surface area (Å²) >= 11 is 0. The fourth-order valence-corrected chi connectivity index (χ4v) is 1.69. The van der Waals surface area contributed by atoms with Crippen LogP contribution in [0.4, 0.5) is 0 Å². The van der Waals surface area contributed by atoms with Crippen molar-refractivity contribution in [1.82, 2.24) is 0 Å². The van der Waals surface area contributed by atoms with Gasteiger partial charge in [0.1, 0.15) is 5.76 Å². The van der Waals surface area contributed by atoms with E-state index in [1.165, 1.54) is 0 Å². The molecule has 2 heterocycles. The zero-order chi connectivity index (χ0) is 9.26. The molecule has 0 bridgehead atoms. The van der Waals surface area contributed by atoms with Crippen LogP contribution in [0.5, 0.6) is 0 Å². The number of aryl methyl sites for hydroxylation is 1. The third-order valence-electron chi connectivity index (χ3n) is 2.50. The average molecular weight is 182 g/mol. The Hall–Kier alpha value is -0.800. The first-order valence-corrected chi connectivity index (χ1v) is 4.58. The molecule has 0 aliphatic carbocycles. The van der Waals surface area contributed by atoms with Gasteiger partial charge >= 0.3 is 0 Å². The molecule has 72 valence electrons. The van der Waals surface area contributed by atoms with Gasteiger partial charge in [-0.25, -0.2) is 0 Å². The number of furan rings is 1. The normalized spacial score (nSPS) is 24.9. The van der Waals surface area contributed by atoms with Crippen molar-refractivity contribution in [1.29, 1.82) is 0 Å². The largest absolute Gasteiger partial charge is 0.469 e. The van der Waals surface area contributed by atoms with Gasteiger partial charge in [0, 0.05) is 18.1 Å². The minimum absolute atomic E-state index is 0.233. The van der Waals surface area contributed by atoms with Gasteiger partial charge in [-0.1, -0.05) is 0 Å². The highest BCUT2D eigenvalue weighted by atomic mass is 16.5. The average Bonchev–Trinajstić information content (AvgIpc) is 2.72. The highest BCUT2D eigenvalue weighted by Gasteiger charge is 2.26. The molecule has 0 radical (unpaired) electrons. The molecule has 0 saturated carbocycles. The summed E-state index contributed by atoms with van der Waals surface area (Å²) < 4.78 is 10.4. The molecule has 1 N–H and O–H groups in total. The first kappa shape index (κ1) is 8.78. The van der Waals surface area contributed by atoms with Crippen molar-refractivity contribution in [3.8, 4) is 0 Å². The number of hydrogen-bond acceptors (Lipinski definition) is 3. The van der Waals surface area contributed by atoms with Crippen molar-refractivity contribution < 1.29 is 14.3 Å². The van der Waals surface area contributed by atoms with Gasteiger partial charge in [-0.05, 0) is 19.4 Å². The lowest BCUT2D eigenvalue weighted by Crippen LogP contribution is -2.11. The van der Waals surface area contributed by atoms with E-state index in [-0.39, 0.29) is 5.92 Å². The smallest absolute Gasteiger partial charge is 0.101 e. The van der Waals surface area contributed by atoms with Crippen LogP contribution in [0.15, 0.2) is 16.7 Å². The lowest BCUT2D eigenvalue weighted by molar-refractivity contribution is 0.0913. The van der Waals surface area contributed by atoms with Gasteiger partial charge in [0.2, 0.25) is 0 Å². The third-order valence-corrected chi connectivity index (χ3v) is 2.50. The quantitative estimate of drug-likeness (QED) is 0.756. The summed E-state index contributed by atoms with van der Waals surface area (Å²) in [5.41, 5.74) is 0.869. The Morgan fingerprint density at radius 2 is 2.46 bits per heavy atom. The number of aliphatic hydroxyl groups excluding tert-OH is 1. The topological polar surface area (TPSA) is 42.6 Å². The van der Waals surface area contributed by atoms with E-state index < -0.39 is 6.10 Å². The van der Waals surface area contributed by atoms with E-state index in [2.05, 4.69) is 0 Å². The zero-order valence-corrected chi connectivity index (χ0v) is 7.69. The SMILES string of the molecule is Cc1cc(C(O)C2CCOC2)co1. The molecule has 0 amide bonds. The Balaban J connectivity index is 2.07. The van der Waals surface area contributed by atoms with Gasteiger partial charge < -0.3 is 14.3 Å². The Morgan fingerprint density at radius 3 is 3.00 bits per heavy atom. The Bertz CT molecular complexity index is 273. The Labute approximate surface area is 77.3 Å². The number of hydrogen-bond donors (Lipinski definition) is 1. The van der Waals surface area contributed by atoms with Gasteiger partial charge in [-0.3, -0.25) is 0 Å². The predicted molar refractivity (Wildman–Crippen MR) is 47.3 cm³/mol. The van der Waals surface area contributed by atoms with Crippen LogP contribution < -0.4 is 0 Å². The molecule has 1 fully saturated rings. The lowest BCUT2D eigenvalue weighted by atomic mass is 9.97. The molecule has 0 aromatic carbocycles. The van der Waals surface area contributed by atoms with Crippen LogP contribution in [0.3, 0.4) is 0 Å². The van der Waals surface area contributed by atoms with E-state index >= 15 is 0 Å². The van der Waals surface area contributed by atoms with Gasteiger partial charge in [-0.15, -0.1) is 0 Å². The van der Waals surface area contributed by atoms with E-state index in [0.29, 0.717) is 6.61 Å². The summed E-state index contributed by atoms with van der Waals surface area (Å²) in [6.45, 7) is 3.30. The summed E-state index contributed by atoms with van der Waals surface area (Å²) in [7, 11) is 0. The first-order valence-electron chi connectivity index (χ1n) is 4.58. The molecule has 1 aliphatic heterocycles. The van der Waals surface area contributed by atoms with Crippen LogP contribution in [-0.2, 0) is 4.74 Å². The first-order chi connectivity index (χ1) is 6.27. The predicted octanol–water partition coefficient (Wildman–Crippen LogP) is 1.66. The number of rotatable bonds is 2. The van der Waals surface area contributed by atoms with Crippen molar-refractivity contribution in [2.45, 2.75) is 19.4 Å². The van der Waals surface area contributed by atoms with E-state index in [0.717, 1.165) is 24.4 Å². The van der Waals surface area contributed by atoms with Crippen molar-refractivity contribution >= 4 is 0 Å². The van der Waals surface area contributed by atoms with Crippen LogP contribution in [0, 0.1) is 12.8 Å². The van der Waals surface area contributed by atoms with Crippen LogP contribution in [0.2, 0.25) is 0 Å². The van der Waals surface area contributed by atoms with E-state index in [9.17, 15) is 5.11 Å². The third kappa shape index (κ3) is 1.76. The van der Waals surface area contributed by atoms with Crippen LogP contribution in [0.1, 0.15) is 23.8 Å². The molecule has 13 heavy (non-hydrogen) atoms. The molecular formula is C10H14O3. The molecular weight excluding hydrogens is 168 g/mol. The monoisotopic (exact) mass is 182 g/mol.